The van der Waals surface area contributed by atoms with Gasteiger partial charge >= 0.3 is 11.9 Å². The number of benzene rings is 1. The summed E-state index contributed by atoms with van der Waals surface area (Å²) in [5.41, 5.74) is 0.922. The Hall–Kier alpha value is -2.10. The summed E-state index contributed by atoms with van der Waals surface area (Å²) in [4.78, 5) is 22.8. The van der Waals surface area contributed by atoms with E-state index < -0.39 is 11.9 Å². The summed E-state index contributed by atoms with van der Waals surface area (Å²) in [6.07, 6.45) is 0.234. The van der Waals surface area contributed by atoms with Gasteiger partial charge < -0.3 is 9.84 Å². The standard InChI is InChI=1S/C14H16O4/c1-9(2)8-10(3)18-14(17)12-7-5-4-6-11(12)13(15)16/h4-7,10H,1,8H2,2-3H3,(H,15,16)/t10-/m0/s1. The summed E-state index contributed by atoms with van der Waals surface area (Å²) in [6.45, 7) is 7.32. The first-order chi connectivity index (χ1) is 8.41. The molecule has 96 valence electrons. The highest BCUT2D eigenvalue weighted by Gasteiger charge is 2.18. The van der Waals surface area contributed by atoms with E-state index in [4.69, 9.17) is 9.84 Å². The Morgan fingerprint density at radius 2 is 1.89 bits per heavy atom. The van der Waals surface area contributed by atoms with Crippen molar-refractivity contribution in [2.45, 2.75) is 26.4 Å². The smallest absolute Gasteiger partial charge is 0.339 e. The van der Waals surface area contributed by atoms with Crippen LogP contribution in [0.15, 0.2) is 36.4 Å². The molecule has 18 heavy (non-hydrogen) atoms. The second kappa shape index (κ2) is 6.00. The van der Waals surface area contributed by atoms with Crippen molar-refractivity contribution in [2.24, 2.45) is 0 Å². The van der Waals surface area contributed by atoms with E-state index >= 15 is 0 Å². The highest BCUT2D eigenvalue weighted by molar-refractivity contribution is 6.02. The number of carbonyl (C=O) groups excluding carboxylic acids is 1. The van der Waals surface area contributed by atoms with Gasteiger partial charge in [-0.2, -0.15) is 0 Å². The number of carbonyl (C=O) groups is 2. The van der Waals surface area contributed by atoms with E-state index in [1.807, 2.05) is 6.92 Å². The quantitative estimate of drug-likeness (QED) is 0.642. The first kappa shape index (κ1) is 14.0. The minimum atomic E-state index is -1.14. The third-order valence-electron chi connectivity index (χ3n) is 2.32. The lowest BCUT2D eigenvalue weighted by atomic mass is 10.1. The summed E-state index contributed by atoms with van der Waals surface area (Å²) < 4.78 is 5.17. The highest BCUT2D eigenvalue weighted by atomic mass is 16.5. The number of carboxylic acid groups (broad SMARTS) is 1. The van der Waals surface area contributed by atoms with Crippen molar-refractivity contribution < 1.29 is 19.4 Å². The number of esters is 1. The molecule has 1 aromatic rings. The number of hydrogen-bond acceptors (Lipinski definition) is 3. The minimum Gasteiger partial charge on any atom is -0.478 e. The van der Waals surface area contributed by atoms with Crippen molar-refractivity contribution in [3.8, 4) is 0 Å². The Balaban J connectivity index is 2.84. The molecule has 1 rings (SSSR count). The molecule has 0 unspecified atom stereocenters. The fourth-order valence-corrected chi connectivity index (χ4v) is 1.63. The van der Waals surface area contributed by atoms with Crippen LogP contribution < -0.4 is 0 Å². The van der Waals surface area contributed by atoms with Gasteiger partial charge in [-0.25, -0.2) is 9.59 Å². The van der Waals surface area contributed by atoms with Crippen LogP contribution in [-0.4, -0.2) is 23.1 Å². The number of aromatic carboxylic acids is 1. The molecule has 0 heterocycles. The number of carboxylic acids is 1. The number of ether oxygens (including phenoxy) is 1. The molecule has 0 spiro atoms. The molecule has 0 aromatic heterocycles. The number of hydrogen-bond donors (Lipinski definition) is 1. The van der Waals surface area contributed by atoms with Gasteiger partial charge in [0.1, 0.15) is 6.10 Å². The van der Waals surface area contributed by atoms with Crippen LogP contribution in [-0.2, 0) is 4.74 Å². The van der Waals surface area contributed by atoms with Crippen molar-refractivity contribution in [2.75, 3.05) is 0 Å². The molecule has 0 saturated heterocycles. The molecule has 4 nitrogen and oxygen atoms in total. The lowest BCUT2D eigenvalue weighted by Crippen LogP contribution is -2.17. The lowest BCUT2D eigenvalue weighted by molar-refractivity contribution is 0.0337. The van der Waals surface area contributed by atoms with Gasteiger partial charge in [0.15, 0.2) is 0 Å². The molecule has 1 N–H and O–H groups in total. The van der Waals surface area contributed by atoms with Gasteiger partial charge in [-0.05, 0) is 26.0 Å². The molecule has 0 saturated carbocycles. The van der Waals surface area contributed by atoms with Crippen LogP contribution in [0.4, 0.5) is 0 Å². The van der Waals surface area contributed by atoms with Crippen LogP contribution in [0.2, 0.25) is 0 Å². The van der Waals surface area contributed by atoms with Gasteiger partial charge in [0.05, 0.1) is 11.1 Å². The molecular weight excluding hydrogens is 232 g/mol. The van der Waals surface area contributed by atoms with Gasteiger partial charge in [-0.3, -0.25) is 0 Å². The average molecular weight is 248 g/mol. The predicted octanol–water partition coefficient (Wildman–Crippen LogP) is 2.90. The van der Waals surface area contributed by atoms with Crippen molar-refractivity contribution >= 4 is 11.9 Å². The van der Waals surface area contributed by atoms with Crippen LogP contribution in [0, 0.1) is 0 Å². The molecule has 0 radical (unpaired) electrons. The normalized spacial score (nSPS) is 11.7. The molecule has 0 aliphatic rings. The van der Waals surface area contributed by atoms with Crippen LogP contribution in [0.1, 0.15) is 41.0 Å². The Kier molecular flexibility index (Phi) is 4.66. The fourth-order valence-electron chi connectivity index (χ4n) is 1.63. The Labute approximate surface area is 106 Å². The average Bonchev–Trinajstić information content (AvgIpc) is 2.27. The van der Waals surface area contributed by atoms with Gasteiger partial charge in [0.25, 0.3) is 0 Å². The zero-order valence-corrected chi connectivity index (χ0v) is 10.5. The first-order valence-corrected chi connectivity index (χ1v) is 5.59. The summed E-state index contributed by atoms with van der Waals surface area (Å²) in [5.74, 6) is -1.77. The van der Waals surface area contributed by atoms with E-state index in [2.05, 4.69) is 6.58 Å². The molecular formula is C14H16O4. The molecule has 0 fully saturated rings. The van der Waals surface area contributed by atoms with Gasteiger partial charge in [0, 0.05) is 6.42 Å². The van der Waals surface area contributed by atoms with E-state index in [0.29, 0.717) is 6.42 Å². The Morgan fingerprint density at radius 3 is 2.39 bits per heavy atom. The lowest BCUT2D eigenvalue weighted by Gasteiger charge is -2.13. The first-order valence-electron chi connectivity index (χ1n) is 5.59. The molecule has 1 atom stereocenters. The van der Waals surface area contributed by atoms with Crippen molar-refractivity contribution in [3.63, 3.8) is 0 Å². The van der Waals surface area contributed by atoms with E-state index in [0.717, 1.165) is 5.57 Å². The van der Waals surface area contributed by atoms with Crippen LogP contribution in [0.3, 0.4) is 0 Å². The van der Waals surface area contributed by atoms with Crippen LogP contribution >= 0.6 is 0 Å². The number of rotatable bonds is 5. The van der Waals surface area contributed by atoms with E-state index in [9.17, 15) is 9.59 Å². The van der Waals surface area contributed by atoms with E-state index in [-0.39, 0.29) is 17.2 Å². The van der Waals surface area contributed by atoms with Crippen LogP contribution in [0.5, 0.6) is 0 Å². The molecule has 4 heteroatoms. The molecule has 0 bridgehead atoms. The fraction of sp³-hybridized carbons (Fsp3) is 0.286. The topological polar surface area (TPSA) is 63.6 Å². The second-order valence-corrected chi connectivity index (χ2v) is 4.23. The second-order valence-electron chi connectivity index (χ2n) is 4.23. The summed E-state index contributed by atoms with van der Waals surface area (Å²) in [7, 11) is 0. The zero-order chi connectivity index (χ0) is 13.7. The molecule has 0 aliphatic heterocycles. The maximum atomic E-state index is 11.8. The molecule has 0 aliphatic carbocycles. The summed E-state index contributed by atoms with van der Waals surface area (Å²) >= 11 is 0. The van der Waals surface area contributed by atoms with Gasteiger partial charge in [-0.15, -0.1) is 6.58 Å². The molecule has 0 amide bonds. The third kappa shape index (κ3) is 3.73. The van der Waals surface area contributed by atoms with Crippen molar-refractivity contribution in [1.82, 2.24) is 0 Å². The monoisotopic (exact) mass is 248 g/mol. The molecule has 1 aromatic carbocycles. The van der Waals surface area contributed by atoms with Gasteiger partial charge in [0.2, 0.25) is 0 Å². The van der Waals surface area contributed by atoms with Gasteiger partial charge in [-0.1, -0.05) is 17.7 Å². The maximum Gasteiger partial charge on any atom is 0.339 e. The summed E-state index contributed by atoms with van der Waals surface area (Å²) in [5, 5.41) is 8.97. The van der Waals surface area contributed by atoms with E-state index in [1.54, 1.807) is 19.1 Å². The van der Waals surface area contributed by atoms with Crippen molar-refractivity contribution in [3.05, 3.63) is 47.5 Å². The Bertz CT molecular complexity index is 476. The zero-order valence-electron chi connectivity index (χ0n) is 10.5. The largest absolute Gasteiger partial charge is 0.478 e. The van der Waals surface area contributed by atoms with Crippen molar-refractivity contribution in [1.29, 1.82) is 0 Å². The minimum absolute atomic E-state index is 0.0509. The Morgan fingerprint density at radius 1 is 1.33 bits per heavy atom. The van der Waals surface area contributed by atoms with E-state index in [1.165, 1.54) is 12.1 Å². The third-order valence-corrected chi connectivity index (χ3v) is 2.32. The highest BCUT2D eigenvalue weighted by Crippen LogP contribution is 2.13. The maximum absolute atomic E-state index is 11.8. The summed E-state index contributed by atoms with van der Waals surface area (Å²) in [6, 6.07) is 5.99. The van der Waals surface area contributed by atoms with Crippen LogP contribution in [0.25, 0.3) is 0 Å². The SMILES string of the molecule is C=C(C)C[C@H](C)OC(=O)c1ccccc1C(=O)O. The predicted molar refractivity (Wildman–Crippen MR) is 67.7 cm³/mol.